The summed E-state index contributed by atoms with van der Waals surface area (Å²) in [7, 11) is -3.09. The first-order chi connectivity index (χ1) is 9.70. The number of rotatable bonds is 7. The molecule has 0 bridgehead atoms. The molecule has 1 aromatic carbocycles. The number of hydrogen-bond donors (Lipinski definition) is 2. The summed E-state index contributed by atoms with van der Waals surface area (Å²) < 4.78 is 22.1. The number of aryl methyl sites for hydroxylation is 2. The van der Waals surface area contributed by atoms with Gasteiger partial charge in [-0.3, -0.25) is 4.79 Å². The van der Waals surface area contributed by atoms with Crippen LogP contribution in [0.25, 0.3) is 0 Å². The van der Waals surface area contributed by atoms with Gasteiger partial charge in [-0.2, -0.15) is 0 Å². The second-order valence-electron chi connectivity index (χ2n) is 5.44. The van der Waals surface area contributed by atoms with E-state index in [0.717, 1.165) is 12.7 Å². The molecule has 0 aliphatic rings. The van der Waals surface area contributed by atoms with Crippen LogP contribution in [-0.2, 0) is 21.1 Å². The molecule has 3 N–H and O–H groups in total. The van der Waals surface area contributed by atoms with Gasteiger partial charge in [-0.15, -0.1) is 0 Å². The Kier molecular flexibility index (Phi) is 6.36. The zero-order valence-electron chi connectivity index (χ0n) is 12.8. The van der Waals surface area contributed by atoms with Crippen molar-refractivity contribution in [1.29, 1.82) is 0 Å². The van der Waals surface area contributed by atoms with Crippen LogP contribution in [0.3, 0.4) is 0 Å². The average molecular weight is 312 g/mol. The lowest BCUT2D eigenvalue weighted by Crippen LogP contribution is -2.42. The predicted octanol–water partition coefficient (Wildman–Crippen LogP) is 0.724. The molecule has 1 rings (SSSR count). The van der Waals surface area contributed by atoms with Gasteiger partial charge in [-0.05, 0) is 43.4 Å². The van der Waals surface area contributed by atoms with Gasteiger partial charge in [-0.1, -0.05) is 18.2 Å². The second kappa shape index (κ2) is 7.56. The van der Waals surface area contributed by atoms with E-state index in [0.29, 0.717) is 6.54 Å². The number of benzene rings is 1. The lowest BCUT2D eigenvalue weighted by molar-refractivity contribution is -0.122. The largest absolute Gasteiger partial charge is 0.354 e. The molecular formula is C15H24N2O3S. The van der Waals surface area contributed by atoms with E-state index in [1.165, 1.54) is 16.7 Å². The molecular weight excluding hydrogens is 288 g/mol. The quantitative estimate of drug-likeness (QED) is 0.776. The van der Waals surface area contributed by atoms with Crippen LogP contribution in [0, 0.1) is 13.8 Å². The molecule has 1 aromatic rings. The number of nitrogens with one attached hydrogen (secondary N) is 1. The Balaban J connectivity index is 2.43. The van der Waals surface area contributed by atoms with Crippen LogP contribution >= 0.6 is 0 Å². The summed E-state index contributed by atoms with van der Waals surface area (Å²) in [5.41, 5.74) is 9.31. The first-order valence-electron chi connectivity index (χ1n) is 6.97. The third-order valence-electron chi connectivity index (χ3n) is 3.46. The van der Waals surface area contributed by atoms with Gasteiger partial charge in [0, 0.05) is 12.8 Å². The molecule has 0 heterocycles. The lowest BCUT2D eigenvalue weighted by atomic mass is 10.0. The fourth-order valence-electron chi connectivity index (χ4n) is 2.16. The molecule has 1 unspecified atom stereocenters. The van der Waals surface area contributed by atoms with E-state index in [9.17, 15) is 13.2 Å². The fourth-order valence-corrected chi connectivity index (χ4v) is 2.84. The summed E-state index contributed by atoms with van der Waals surface area (Å²) in [6, 6.07) is 5.32. The molecule has 1 atom stereocenters. The molecule has 0 fully saturated rings. The van der Waals surface area contributed by atoms with E-state index in [2.05, 4.69) is 5.32 Å². The standard InChI is InChI=1S/C15H24N2O3S/c1-11-5-4-6-12(2)13(11)7-9-17-15(18)14(16)8-10-21(3,19)20/h4-6,14H,7-10,16H2,1-3H3,(H,17,18). The third-order valence-corrected chi connectivity index (χ3v) is 4.43. The summed E-state index contributed by atoms with van der Waals surface area (Å²) in [6.45, 7) is 4.58. The van der Waals surface area contributed by atoms with Crippen molar-refractivity contribution in [2.45, 2.75) is 32.7 Å². The summed E-state index contributed by atoms with van der Waals surface area (Å²) in [5, 5.41) is 2.76. The monoisotopic (exact) mass is 312 g/mol. The minimum Gasteiger partial charge on any atom is -0.354 e. The van der Waals surface area contributed by atoms with E-state index in [1.807, 2.05) is 32.0 Å². The van der Waals surface area contributed by atoms with E-state index in [1.54, 1.807) is 0 Å². The molecule has 21 heavy (non-hydrogen) atoms. The van der Waals surface area contributed by atoms with Gasteiger partial charge in [0.1, 0.15) is 9.84 Å². The highest BCUT2D eigenvalue weighted by Gasteiger charge is 2.15. The molecule has 0 aliphatic carbocycles. The Bertz CT molecular complexity index is 577. The maximum Gasteiger partial charge on any atom is 0.236 e. The highest BCUT2D eigenvalue weighted by molar-refractivity contribution is 7.90. The van der Waals surface area contributed by atoms with Gasteiger partial charge in [0.2, 0.25) is 5.91 Å². The average Bonchev–Trinajstić information content (AvgIpc) is 2.38. The molecule has 0 aromatic heterocycles. The molecule has 0 saturated carbocycles. The first kappa shape index (κ1) is 17.7. The van der Waals surface area contributed by atoms with Gasteiger partial charge in [-0.25, -0.2) is 8.42 Å². The Morgan fingerprint density at radius 2 is 1.86 bits per heavy atom. The fraction of sp³-hybridized carbons (Fsp3) is 0.533. The normalized spacial score (nSPS) is 13.0. The minimum absolute atomic E-state index is 0.0709. The molecule has 118 valence electrons. The second-order valence-corrected chi connectivity index (χ2v) is 7.70. The smallest absolute Gasteiger partial charge is 0.236 e. The summed E-state index contributed by atoms with van der Waals surface area (Å²) in [6.07, 6.45) is 2.02. The minimum atomic E-state index is -3.09. The van der Waals surface area contributed by atoms with Gasteiger partial charge >= 0.3 is 0 Å². The molecule has 5 nitrogen and oxygen atoms in total. The van der Waals surface area contributed by atoms with Crippen molar-refractivity contribution < 1.29 is 13.2 Å². The van der Waals surface area contributed by atoms with Crippen LogP contribution < -0.4 is 11.1 Å². The Labute approximate surface area is 126 Å². The van der Waals surface area contributed by atoms with E-state index in [4.69, 9.17) is 5.73 Å². The number of amides is 1. The van der Waals surface area contributed by atoms with Gasteiger partial charge in [0.15, 0.2) is 0 Å². The molecule has 0 radical (unpaired) electrons. The maximum atomic E-state index is 11.8. The van der Waals surface area contributed by atoms with Crippen LogP contribution in [0.1, 0.15) is 23.1 Å². The van der Waals surface area contributed by atoms with Gasteiger partial charge in [0.25, 0.3) is 0 Å². The van der Waals surface area contributed by atoms with E-state index >= 15 is 0 Å². The van der Waals surface area contributed by atoms with Crippen molar-refractivity contribution >= 4 is 15.7 Å². The van der Waals surface area contributed by atoms with Crippen LogP contribution in [0.15, 0.2) is 18.2 Å². The van der Waals surface area contributed by atoms with E-state index < -0.39 is 15.9 Å². The predicted molar refractivity (Wildman–Crippen MR) is 84.9 cm³/mol. The highest BCUT2D eigenvalue weighted by atomic mass is 32.2. The van der Waals surface area contributed by atoms with Crippen molar-refractivity contribution in [3.63, 3.8) is 0 Å². The number of nitrogens with two attached hydrogens (primary N) is 1. The summed E-state index contributed by atoms with van der Waals surface area (Å²) >= 11 is 0. The molecule has 6 heteroatoms. The molecule has 1 amide bonds. The zero-order chi connectivity index (χ0) is 16.0. The first-order valence-corrected chi connectivity index (χ1v) is 9.03. The number of carbonyl (C=O) groups is 1. The summed E-state index contributed by atoms with van der Waals surface area (Å²) in [5.74, 6) is -0.372. The summed E-state index contributed by atoms with van der Waals surface area (Å²) in [4.78, 5) is 11.8. The third kappa shape index (κ3) is 6.27. The van der Waals surface area contributed by atoms with Gasteiger partial charge in [0.05, 0.1) is 11.8 Å². The van der Waals surface area contributed by atoms with Crippen LogP contribution in [0.5, 0.6) is 0 Å². The van der Waals surface area contributed by atoms with Crippen LogP contribution in [0.4, 0.5) is 0 Å². The maximum absolute atomic E-state index is 11.8. The Morgan fingerprint density at radius 1 is 1.29 bits per heavy atom. The highest BCUT2D eigenvalue weighted by Crippen LogP contribution is 2.13. The van der Waals surface area contributed by atoms with Crippen LogP contribution in [-0.4, -0.2) is 38.9 Å². The topological polar surface area (TPSA) is 89.3 Å². The SMILES string of the molecule is Cc1cccc(C)c1CCNC(=O)C(N)CCS(C)(=O)=O. The number of carbonyl (C=O) groups excluding carboxylic acids is 1. The number of hydrogen-bond acceptors (Lipinski definition) is 4. The van der Waals surface area contributed by atoms with E-state index in [-0.39, 0.29) is 18.1 Å². The number of sulfone groups is 1. The zero-order valence-corrected chi connectivity index (χ0v) is 13.7. The van der Waals surface area contributed by atoms with Gasteiger partial charge < -0.3 is 11.1 Å². The van der Waals surface area contributed by atoms with Crippen molar-refractivity contribution in [2.75, 3.05) is 18.6 Å². The Hall–Kier alpha value is -1.40. The van der Waals surface area contributed by atoms with Crippen molar-refractivity contribution in [3.05, 3.63) is 34.9 Å². The molecule has 0 aliphatic heterocycles. The molecule has 0 saturated heterocycles. The van der Waals surface area contributed by atoms with Crippen molar-refractivity contribution in [2.24, 2.45) is 5.73 Å². The molecule has 0 spiro atoms. The van der Waals surface area contributed by atoms with Crippen LogP contribution in [0.2, 0.25) is 0 Å². The Morgan fingerprint density at radius 3 is 2.38 bits per heavy atom. The van der Waals surface area contributed by atoms with Crippen molar-refractivity contribution in [1.82, 2.24) is 5.32 Å². The lowest BCUT2D eigenvalue weighted by Gasteiger charge is -2.13. The van der Waals surface area contributed by atoms with Crippen molar-refractivity contribution in [3.8, 4) is 0 Å².